The Morgan fingerprint density at radius 2 is 1.91 bits per heavy atom. The summed E-state index contributed by atoms with van der Waals surface area (Å²) in [6, 6.07) is 17.4. The van der Waals surface area contributed by atoms with Gasteiger partial charge in [-0.05, 0) is 49.8 Å². The molecule has 0 unspecified atom stereocenters. The zero-order valence-corrected chi connectivity index (χ0v) is 18.9. The molecule has 0 spiro atoms. The lowest BCUT2D eigenvalue weighted by Gasteiger charge is -2.53. The van der Waals surface area contributed by atoms with E-state index in [2.05, 4.69) is 51.4 Å². The maximum Gasteiger partial charge on any atom is 0.273 e. The van der Waals surface area contributed by atoms with Crippen molar-refractivity contribution in [2.75, 3.05) is 0 Å². The number of aromatic nitrogens is 3. The first kappa shape index (κ1) is 20.5. The van der Waals surface area contributed by atoms with Crippen molar-refractivity contribution in [2.45, 2.75) is 63.2 Å². The van der Waals surface area contributed by atoms with Gasteiger partial charge in [0.1, 0.15) is 12.0 Å². The highest BCUT2D eigenvalue weighted by atomic mass is 16.2. The third-order valence-electron chi connectivity index (χ3n) is 8.11. The zero-order chi connectivity index (χ0) is 22.4. The number of pyridine rings is 1. The maximum atomic E-state index is 14.1. The Hall–Kier alpha value is -3.12. The normalized spacial score (nSPS) is 30.3. The van der Waals surface area contributed by atoms with Crippen LogP contribution in [0.25, 0.3) is 11.3 Å². The average Bonchev–Trinajstić information content (AvgIpc) is 3.21. The lowest BCUT2D eigenvalue weighted by atomic mass is 9.64. The summed E-state index contributed by atoms with van der Waals surface area (Å²) in [5.41, 5.74) is 3.44. The summed E-state index contributed by atoms with van der Waals surface area (Å²) in [5, 5.41) is 3.94. The highest BCUT2D eigenvalue weighted by Crippen LogP contribution is 2.52. The molecule has 6 heteroatoms. The molecule has 1 aliphatic carbocycles. The number of hydrogen-bond donors (Lipinski definition) is 1. The van der Waals surface area contributed by atoms with Gasteiger partial charge in [0.2, 0.25) is 0 Å². The van der Waals surface area contributed by atoms with Gasteiger partial charge in [-0.15, -0.1) is 0 Å². The Bertz CT molecular complexity index is 1150. The molecule has 0 radical (unpaired) electrons. The molecule has 2 bridgehead atoms. The number of piperidine rings is 1. The van der Waals surface area contributed by atoms with Gasteiger partial charge >= 0.3 is 0 Å². The lowest BCUT2D eigenvalue weighted by Crippen LogP contribution is -2.62. The summed E-state index contributed by atoms with van der Waals surface area (Å²) in [5.74, 6) is 0.0416. The fraction of sp³-hybridized carbons (Fsp3) is 0.407. The van der Waals surface area contributed by atoms with Gasteiger partial charge < -0.3 is 10.2 Å². The van der Waals surface area contributed by atoms with Crippen molar-refractivity contribution in [3.8, 4) is 11.3 Å². The zero-order valence-electron chi connectivity index (χ0n) is 18.9. The summed E-state index contributed by atoms with van der Waals surface area (Å²) in [7, 11) is 0. The number of likely N-dealkylation sites (tertiary alicyclic amines) is 1. The van der Waals surface area contributed by atoms with E-state index in [-0.39, 0.29) is 23.4 Å². The van der Waals surface area contributed by atoms with Crippen molar-refractivity contribution in [3.05, 3.63) is 78.5 Å². The minimum absolute atomic E-state index is 0.0416. The predicted octanol–water partition coefficient (Wildman–Crippen LogP) is 3.90. The van der Waals surface area contributed by atoms with Crippen LogP contribution in [0.3, 0.4) is 0 Å². The topological polar surface area (TPSA) is 71.0 Å². The molecule has 1 aromatic carbocycles. The Kier molecular flexibility index (Phi) is 4.98. The van der Waals surface area contributed by atoms with Crippen LogP contribution >= 0.6 is 0 Å². The number of carbonyl (C=O) groups is 1. The molecule has 6 nitrogen and oxygen atoms in total. The van der Waals surface area contributed by atoms with Crippen LogP contribution in [0.1, 0.15) is 48.7 Å². The van der Waals surface area contributed by atoms with E-state index < -0.39 is 0 Å². The van der Waals surface area contributed by atoms with E-state index in [0.717, 1.165) is 36.9 Å². The number of fused-ring (bicyclic) bond motifs is 1. The van der Waals surface area contributed by atoms with E-state index in [1.54, 1.807) is 12.4 Å². The second kappa shape index (κ2) is 8.03. The van der Waals surface area contributed by atoms with Crippen molar-refractivity contribution in [3.63, 3.8) is 0 Å². The Morgan fingerprint density at radius 1 is 1.09 bits per heavy atom. The maximum absolute atomic E-state index is 14.1. The van der Waals surface area contributed by atoms with Crippen LogP contribution < -0.4 is 5.32 Å². The molecule has 1 N–H and O–H groups in total. The molecular formula is C27H29N5O. The van der Waals surface area contributed by atoms with Crippen LogP contribution in [0.5, 0.6) is 0 Å². The number of nitrogens with one attached hydrogen (secondary N) is 1. The molecule has 1 amide bonds. The number of carbonyl (C=O) groups excluding carboxylic acids is 1. The van der Waals surface area contributed by atoms with Gasteiger partial charge in [0.25, 0.3) is 5.91 Å². The molecule has 3 aliphatic rings. The molecule has 168 valence electrons. The molecule has 3 fully saturated rings. The van der Waals surface area contributed by atoms with E-state index in [4.69, 9.17) is 4.98 Å². The van der Waals surface area contributed by atoms with E-state index in [0.29, 0.717) is 17.8 Å². The van der Waals surface area contributed by atoms with Crippen molar-refractivity contribution >= 4 is 5.91 Å². The minimum Gasteiger partial charge on any atom is -0.329 e. The number of hydrogen-bond acceptors (Lipinski definition) is 5. The Balaban J connectivity index is 1.39. The summed E-state index contributed by atoms with van der Waals surface area (Å²) >= 11 is 0. The molecular weight excluding hydrogens is 410 g/mol. The van der Waals surface area contributed by atoms with E-state index in [9.17, 15) is 4.79 Å². The smallest absolute Gasteiger partial charge is 0.273 e. The molecule has 6 rings (SSSR count). The minimum atomic E-state index is 0.0416. The molecule has 2 saturated heterocycles. The van der Waals surface area contributed by atoms with E-state index in [1.807, 2.05) is 24.3 Å². The Morgan fingerprint density at radius 3 is 2.73 bits per heavy atom. The number of amides is 1. The third-order valence-corrected chi connectivity index (χ3v) is 8.11. The van der Waals surface area contributed by atoms with Gasteiger partial charge in [-0.25, -0.2) is 15.0 Å². The van der Waals surface area contributed by atoms with Gasteiger partial charge in [0.15, 0.2) is 0 Å². The lowest BCUT2D eigenvalue weighted by molar-refractivity contribution is -0.0114. The molecule has 4 heterocycles. The quantitative estimate of drug-likeness (QED) is 0.668. The van der Waals surface area contributed by atoms with Gasteiger partial charge in [0, 0.05) is 41.5 Å². The predicted molar refractivity (Wildman–Crippen MR) is 126 cm³/mol. The summed E-state index contributed by atoms with van der Waals surface area (Å²) in [6.45, 7) is 2.39. The highest BCUT2D eigenvalue weighted by molar-refractivity contribution is 5.93. The SMILES string of the molecule is C[C@]12C[C@@H]3N[C@H]1CCC[C@H]2N(C(=O)c1cccc(-c2cncnc2)n1)[C@@H]3Cc1ccccc1. The summed E-state index contributed by atoms with van der Waals surface area (Å²) in [6.07, 6.45) is 10.4. The number of nitrogens with zero attached hydrogens (tertiary/aromatic N) is 4. The van der Waals surface area contributed by atoms with Crippen molar-refractivity contribution in [2.24, 2.45) is 5.41 Å². The average molecular weight is 440 g/mol. The molecule has 5 atom stereocenters. The van der Waals surface area contributed by atoms with Crippen molar-refractivity contribution in [1.82, 2.24) is 25.2 Å². The van der Waals surface area contributed by atoms with E-state index in [1.165, 1.54) is 18.3 Å². The fourth-order valence-corrected chi connectivity index (χ4v) is 6.55. The fourth-order valence-electron chi connectivity index (χ4n) is 6.55. The van der Waals surface area contributed by atoms with Crippen LogP contribution in [-0.4, -0.2) is 49.9 Å². The first-order valence-corrected chi connectivity index (χ1v) is 12.0. The van der Waals surface area contributed by atoms with Crippen LogP contribution in [0, 0.1) is 5.41 Å². The third kappa shape index (κ3) is 3.44. The first-order valence-electron chi connectivity index (χ1n) is 12.0. The largest absolute Gasteiger partial charge is 0.329 e. The molecule has 2 aromatic heterocycles. The van der Waals surface area contributed by atoms with Gasteiger partial charge in [-0.3, -0.25) is 4.79 Å². The van der Waals surface area contributed by atoms with E-state index >= 15 is 0 Å². The second-order valence-electron chi connectivity index (χ2n) is 9.99. The highest BCUT2D eigenvalue weighted by Gasteiger charge is 2.60. The molecule has 33 heavy (non-hydrogen) atoms. The van der Waals surface area contributed by atoms with Gasteiger partial charge in [-0.1, -0.05) is 43.3 Å². The van der Waals surface area contributed by atoms with Crippen LogP contribution in [0.4, 0.5) is 0 Å². The number of benzene rings is 1. The monoisotopic (exact) mass is 439 g/mol. The number of rotatable bonds is 4. The second-order valence-corrected chi connectivity index (χ2v) is 9.99. The molecule has 3 aromatic rings. The van der Waals surface area contributed by atoms with Crippen molar-refractivity contribution in [1.29, 1.82) is 0 Å². The first-order chi connectivity index (χ1) is 16.1. The van der Waals surface area contributed by atoms with Crippen LogP contribution in [0.15, 0.2) is 67.3 Å². The Labute approximate surface area is 194 Å². The molecule has 2 aliphatic heterocycles. The standard InChI is InChI=1S/C27H29N5O/c1-27-14-22-23(13-18-7-3-2-4-8-18)32(25(27)12-6-11-24(27)31-22)26(33)21-10-5-9-20(30-21)19-15-28-17-29-16-19/h2-5,7-10,15-17,22-25,31H,6,11-14H2,1H3/t22-,23+,24-,25+,27-/m0/s1. The van der Waals surface area contributed by atoms with Gasteiger partial charge in [-0.2, -0.15) is 0 Å². The molecule has 1 saturated carbocycles. The summed E-state index contributed by atoms with van der Waals surface area (Å²) < 4.78 is 0. The van der Waals surface area contributed by atoms with Crippen LogP contribution in [-0.2, 0) is 6.42 Å². The van der Waals surface area contributed by atoms with Crippen molar-refractivity contribution < 1.29 is 4.79 Å². The summed E-state index contributed by atoms with van der Waals surface area (Å²) in [4.78, 5) is 29.3. The van der Waals surface area contributed by atoms with Crippen LogP contribution in [0.2, 0.25) is 0 Å². The van der Waals surface area contributed by atoms with Gasteiger partial charge in [0.05, 0.1) is 11.7 Å².